The molecule has 37 heavy (non-hydrogen) atoms. The van der Waals surface area contributed by atoms with Crippen molar-refractivity contribution in [3.05, 3.63) is 41.0 Å². The number of unbranched alkanes of at least 4 members (excludes halogenated alkanes) is 9. The molecular weight excluding hydrogens is 486 g/mol. The van der Waals surface area contributed by atoms with E-state index in [1.165, 1.54) is 37.0 Å². The first-order valence-electron chi connectivity index (χ1n) is 13.8. The Kier molecular flexibility index (Phi) is 14.6. The molecule has 1 aromatic carbocycles. The summed E-state index contributed by atoms with van der Waals surface area (Å²) in [5.41, 5.74) is 1.10. The number of benzene rings is 1. The van der Waals surface area contributed by atoms with Gasteiger partial charge in [-0.15, -0.1) is 11.3 Å². The minimum absolute atomic E-state index is 0.0965. The van der Waals surface area contributed by atoms with Crippen LogP contribution >= 0.6 is 11.3 Å². The summed E-state index contributed by atoms with van der Waals surface area (Å²) in [6.07, 6.45) is 14.7. The largest absolute Gasteiger partial charge is 0.478 e. The van der Waals surface area contributed by atoms with E-state index in [0.717, 1.165) is 60.4 Å². The van der Waals surface area contributed by atoms with Crippen LogP contribution in [0.3, 0.4) is 0 Å². The summed E-state index contributed by atoms with van der Waals surface area (Å²) in [4.78, 5) is 42.1. The van der Waals surface area contributed by atoms with E-state index in [1.54, 1.807) is 30.5 Å². The molecule has 0 radical (unpaired) electrons. The molecule has 0 saturated heterocycles. The Morgan fingerprint density at radius 3 is 2.16 bits per heavy atom. The highest BCUT2D eigenvalue weighted by Crippen LogP contribution is 2.27. The number of carbonyl (C=O) groups is 3. The Bertz CT molecular complexity index is 958. The third-order valence-electron chi connectivity index (χ3n) is 6.34. The topological polar surface area (TPSA) is 108 Å². The van der Waals surface area contributed by atoms with Crippen molar-refractivity contribution in [1.82, 2.24) is 15.6 Å². The van der Waals surface area contributed by atoms with Gasteiger partial charge < -0.3 is 15.7 Å². The predicted octanol–water partition coefficient (Wildman–Crippen LogP) is 6.37. The molecule has 0 saturated carbocycles. The molecule has 204 valence electrons. The number of nitrogens with zero attached hydrogens (tertiary/aromatic N) is 1. The highest BCUT2D eigenvalue weighted by Gasteiger charge is 2.22. The first-order valence-corrected chi connectivity index (χ1v) is 14.6. The molecular formula is C29H43N3O4S. The van der Waals surface area contributed by atoms with Crippen molar-refractivity contribution in [3.8, 4) is 10.4 Å². The van der Waals surface area contributed by atoms with E-state index in [4.69, 9.17) is 5.11 Å². The lowest BCUT2D eigenvalue weighted by atomic mass is 10.1. The Hall–Kier alpha value is -2.74. The van der Waals surface area contributed by atoms with Gasteiger partial charge in [-0.3, -0.25) is 9.59 Å². The summed E-state index contributed by atoms with van der Waals surface area (Å²) in [5, 5.41) is 15.8. The van der Waals surface area contributed by atoms with Crippen LogP contribution in [-0.4, -0.2) is 40.5 Å². The van der Waals surface area contributed by atoms with Crippen LogP contribution in [0.25, 0.3) is 10.4 Å². The van der Waals surface area contributed by atoms with Gasteiger partial charge in [-0.2, -0.15) is 0 Å². The van der Waals surface area contributed by atoms with Crippen molar-refractivity contribution in [2.75, 3.05) is 6.54 Å². The summed E-state index contributed by atoms with van der Waals surface area (Å²) in [6.45, 7) is 4.95. The Labute approximate surface area is 225 Å². The second-order valence-electron chi connectivity index (χ2n) is 9.55. The third kappa shape index (κ3) is 11.9. The van der Waals surface area contributed by atoms with Gasteiger partial charge in [-0.25, -0.2) is 9.78 Å². The smallest absolute Gasteiger partial charge is 0.335 e. The number of hydrogen-bond acceptors (Lipinski definition) is 5. The summed E-state index contributed by atoms with van der Waals surface area (Å²) in [5.74, 6) is -1.24. The number of aromatic nitrogens is 1. The molecule has 7 nitrogen and oxygen atoms in total. The molecule has 8 heteroatoms. The number of nitrogens with one attached hydrogen (secondary N) is 2. The van der Waals surface area contributed by atoms with Gasteiger partial charge in [0, 0.05) is 25.6 Å². The molecule has 1 heterocycles. The van der Waals surface area contributed by atoms with E-state index < -0.39 is 12.0 Å². The molecule has 3 N–H and O–H groups in total. The zero-order valence-electron chi connectivity index (χ0n) is 22.4. The quantitative estimate of drug-likeness (QED) is 0.183. The predicted molar refractivity (Wildman–Crippen MR) is 150 cm³/mol. The number of hydrogen-bond donors (Lipinski definition) is 3. The maximum Gasteiger partial charge on any atom is 0.335 e. The second-order valence-corrected chi connectivity index (χ2v) is 10.7. The van der Waals surface area contributed by atoms with Gasteiger partial charge in [0.25, 0.3) is 0 Å². The van der Waals surface area contributed by atoms with Crippen molar-refractivity contribution >= 4 is 29.1 Å². The molecule has 0 unspecified atom stereocenters. The molecule has 0 aliphatic heterocycles. The average molecular weight is 530 g/mol. The fourth-order valence-corrected chi connectivity index (χ4v) is 5.06. The lowest BCUT2D eigenvalue weighted by Crippen LogP contribution is -2.48. The molecule has 0 aliphatic rings. The van der Waals surface area contributed by atoms with Gasteiger partial charge in [0.15, 0.2) is 0 Å². The van der Waals surface area contributed by atoms with Crippen LogP contribution in [0.5, 0.6) is 0 Å². The molecule has 0 fully saturated rings. The van der Waals surface area contributed by atoms with E-state index in [2.05, 4.69) is 29.5 Å². The van der Waals surface area contributed by atoms with E-state index >= 15 is 0 Å². The number of carbonyl (C=O) groups excluding carboxylic acids is 2. The van der Waals surface area contributed by atoms with Crippen LogP contribution in [0.15, 0.2) is 30.5 Å². The summed E-state index contributed by atoms with van der Waals surface area (Å²) in [6, 6.07) is 5.97. The van der Waals surface area contributed by atoms with Crippen molar-refractivity contribution in [2.24, 2.45) is 0 Å². The second kappa shape index (κ2) is 17.7. The maximum absolute atomic E-state index is 13.0. The Balaban J connectivity index is 1.95. The van der Waals surface area contributed by atoms with E-state index in [0.29, 0.717) is 19.4 Å². The highest BCUT2D eigenvalue weighted by molar-refractivity contribution is 7.15. The van der Waals surface area contributed by atoms with Crippen LogP contribution in [0.4, 0.5) is 0 Å². The standard InChI is InChI=1S/C29H43N3O4S/c1-3-5-7-9-10-11-12-14-26(33)32-24(28(34)30-19-13-8-6-4-2)20-27-31-21-25(37-27)22-15-17-23(18-16-22)29(35)36/h15-18,21,24H,3-14,19-20H2,1-2H3,(H,30,34)(H,32,33)(H,35,36)/t24-/m0/s1. The lowest BCUT2D eigenvalue weighted by Gasteiger charge is -2.18. The first kappa shape index (κ1) is 30.5. The number of thiazole rings is 1. The molecule has 1 aromatic heterocycles. The van der Waals surface area contributed by atoms with Crippen LogP contribution in [0, 0.1) is 0 Å². The molecule has 0 bridgehead atoms. The molecule has 0 aliphatic carbocycles. The third-order valence-corrected chi connectivity index (χ3v) is 7.41. The van der Waals surface area contributed by atoms with Crippen LogP contribution < -0.4 is 10.6 Å². The molecule has 0 spiro atoms. The highest BCUT2D eigenvalue weighted by atomic mass is 32.1. The van der Waals surface area contributed by atoms with Gasteiger partial charge in [-0.05, 0) is 30.5 Å². The Morgan fingerprint density at radius 1 is 0.892 bits per heavy atom. The van der Waals surface area contributed by atoms with E-state index in [9.17, 15) is 14.4 Å². The number of carboxylic acid groups (broad SMARTS) is 1. The van der Waals surface area contributed by atoms with E-state index in [-0.39, 0.29) is 17.4 Å². The monoisotopic (exact) mass is 529 g/mol. The van der Waals surface area contributed by atoms with Crippen molar-refractivity contribution < 1.29 is 19.5 Å². The summed E-state index contributed by atoms with van der Waals surface area (Å²) < 4.78 is 0. The average Bonchev–Trinajstić information content (AvgIpc) is 3.36. The van der Waals surface area contributed by atoms with Crippen LogP contribution in [0.1, 0.15) is 106 Å². The van der Waals surface area contributed by atoms with Gasteiger partial charge in [-0.1, -0.05) is 83.8 Å². The van der Waals surface area contributed by atoms with Gasteiger partial charge in [0.1, 0.15) is 6.04 Å². The zero-order valence-corrected chi connectivity index (χ0v) is 23.2. The fraction of sp³-hybridized carbons (Fsp3) is 0.586. The summed E-state index contributed by atoms with van der Waals surface area (Å²) >= 11 is 1.45. The number of amides is 2. The normalized spacial score (nSPS) is 11.7. The lowest BCUT2D eigenvalue weighted by molar-refractivity contribution is -0.129. The van der Waals surface area contributed by atoms with Crippen LogP contribution in [0.2, 0.25) is 0 Å². The maximum atomic E-state index is 13.0. The van der Waals surface area contributed by atoms with Gasteiger partial charge in [0.05, 0.1) is 15.4 Å². The molecule has 2 amide bonds. The number of aromatic carboxylic acids is 1. The number of rotatable bonds is 19. The van der Waals surface area contributed by atoms with Crippen molar-refractivity contribution in [3.63, 3.8) is 0 Å². The zero-order chi connectivity index (χ0) is 26.9. The summed E-state index contributed by atoms with van der Waals surface area (Å²) in [7, 11) is 0. The molecule has 1 atom stereocenters. The van der Waals surface area contributed by atoms with Crippen molar-refractivity contribution in [1.29, 1.82) is 0 Å². The van der Waals surface area contributed by atoms with Crippen LogP contribution in [-0.2, 0) is 16.0 Å². The molecule has 2 rings (SSSR count). The van der Waals surface area contributed by atoms with Gasteiger partial charge >= 0.3 is 5.97 Å². The SMILES string of the molecule is CCCCCCCCCC(=O)N[C@@H](Cc1ncc(-c2ccc(C(=O)O)cc2)s1)C(=O)NCCCCCC. The first-order chi connectivity index (χ1) is 17.9. The van der Waals surface area contributed by atoms with Gasteiger partial charge in [0.2, 0.25) is 11.8 Å². The minimum Gasteiger partial charge on any atom is -0.478 e. The van der Waals surface area contributed by atoms with E-state index in [1.807, 2.05) is 0 Å². The van der Waals surface area contributed by atoms with Crippen molar-refractivity contribution in [2.45, 2.75) is 103 Å². The number of carboxylic acids is 1. The minimum atomic E-state index is -0.965. The fourth-order valence-electron chi connectivity index (χ4n) is 4.09. The molecule has 2 aromatic rings. The Morgan fingerprint density at radius 2 is 1.51 bits per heavy atom.